The third-order valence-corrected chi connectivity index (χ3v) is 5.78. The molecule has 2 amide bonds. The van der Waals surface area contributed by atoms with E-state index in [0.29, 0.717) is 17.3 Å². The smallest absolute Gasteiger partial charge is 0.313 e. The fourth-order valence-corrected chi connectivity index (χ4v) is 4.37. The van der Waals surface area contributed by atoms with E-state index in [4.69, 9.17) is 11.6 Å². The zero-order valence-corrected chi connectivity index (χ0v) is 15.1. The fourth-order valence-electron chi connectivity index (χ4n) is 3.28. The van der Waals surface area contributed by atoms with Gasteiger partial charge < -0.3 is 10.2 Å². The largest absolute Gasteiger partial charge is 0.322 e. The number of nitrogens with zero attached hydrogens (tertiary/aromatic N) is 1. The van der Waals surface area contributed by atoms with Crippen molar-refractivity contribution in [3.63, 3.8) is 0 Å². The van der Waals surface area contributed by atoms with E-state index >= 15 is 0 Å². The number of anilines is 1. The Bertz CT molecular complexity index is 893. The molecule has 1 unspecified atom stereocenters. The van der Waals surface area contributed by atoms with E-state index in [1.165, 1.54) is 10.4 Å². The molecule has 0 fully saturated rings. The lowest BCUT2D eigenvalue weighted by Gasteiger charge is -2.36. The van der Waals surface area contributed by atoms with Gasteiger partial charge in [-0.1, -0.05) is 54.1 Å². The number of carbonyl (C=O) groups excluding carboxylic acids is 1. The second-order valence-corrected chi connectivity index (χ2v) is 7.37. The second kappa shape index (κ2) is 6.90. The topological polar surface area (TPSA) is 32.3 Å². The highest BCUT2D eigenvalue weighted by atomic mass is 35.5. The molecule has 0 bridgehead atoms. The highest BCUT2D eigenvalue weighted by Crippen LogP contribution is 2.38. The Morgan fingerprint density at radius 2 is 1.84 bits per heavy atom. The molecule has 1 aliphatic heterocycles. The normalized spacial score (nSPS) is 16.4. The number of carbonyl (C=O) groups is 1. The van der Waals surface area contributed by atoms with Crippen LogP contribution in [0.4, 0.5) is 10.5 Å². The minimum atomic E-state index is -0.126. The molecule has 0 saturated heterocycles. The van der Waals surface area contributed by atoms with Crippen molar-refractivity contribution in [2.45, 2.75) is 12.5 Å². The van der Waals surface area contributed by atoms with Gasteiger partial charge in [0, 0.05) is 11.4 Å². The molecular formula is C20H17ClN2OS. The van der Waals surface area contributed by atoms with Crippen molar-refractivity contribution in [3.05, 3.63) is 87.1 Å². The molecular weight excluding hydrogens is 352 g/mol. The highest BCUT2D eigenvalue weighted by Gasteiger charge is 2.32. The van der Waals surface area contributed by atoms with Crippen LogP contribution in [0.5, 0.6) is 0 Å². The van der Waals surface area contributed by atoms with E-state index in [0.717, 1.165) is 12.0 Å². The lowest BCUT2D eigenvalue weighted by Crippen LogP contribution is -2.42. The van der Waals surface area contributed by atoms with Crippen LogP contribution in [0.25, 0.3) is 0 Å². The van der Waals surface area contributed by atoms with Gasteiger partial charge in [0.05, 0.1) is 16.8 Å². The van der Waals surface area contributed by atoms with Crippen molar-refractivity contribution in [3.8, 4) is 0 Å². The van der Waals surface area contributed by atoms with Gasteiger partial charge in [-0.3, -0.25) is 0 Å². The summed E-state index contributed by atoms with van der Waals surface area (Å²) in [5.41, 5.74) is 2.98. The maximum atomic E-state index is 13.0. The van der Waals surface area contributed by atoms with E-state index in [-0.39, 0.29) is 12.1 Å². The van der Waals surface area contributed by atoms with Crippen LogP contribution in [0.1, 0.15) is 22.0 Å². The molecule has 126 valence electrons. The van der Waals surface area contributed by atoms with Gasteiger partial charge >= 0.3 is 6.03 Å². The van der Waals surface area contributed by atoms with Gasteiger partial charge in [-0.05, 0) is 41.1 Å². The van der Waals surface area contributed by atoms with E-state index in [2.05, 4.69) is 28.9 Å². The summed E-state index contributed by atoms with van der Waals surface area (Å²) in [6.07, 6.45) is 0.881. The van der Waals surface area contributed by atoms with Crippen LogP contribution >= 0.6 is 22.9 Å². The summed E-state index contributed by atoms with van der Waals surface area (Å²) in [6, 6.07) is 19.4. The van der Waals surface area contributed by atoms with Gasteiger partial charge in [0.2, 0.25) is 0 Å². The molecule has 0 spiro atoms. The van der Waals surface area contributed by atoms with Crippen molar-refractivity contribution in [2.24, 2.45) is 0 Å². The maximum Gasteiger partial charge on any atom is 0.322 e. The molecule has 0 radical (unpaired) electrons. The molecule has 2 aromatic carbocycles. The van der Waals surface area contributed by atoms with Crippen LogP contribution in [0.3, 0.4) is 0 Å². The van der Waals surface area contributed by atoms with Crippen LogP contribution in [-0.4, -0.2) is 17.5 Å². The monoisotopic (exact) mass is 368 g/mol. The lowest BCUT2D eigenvalue weighted by molar-refractivity contribution is 0.194. The zero-order valence-electron chi connectivity index (χ0n) is 13.5. The van der Waals surface area contributed by atoms with Crippen LogP contribution < -0.4 is 5.32 Å². The molecule has 25 heavy (non-hydrogen) atoms. The van der Waals surface area contributed by atoms with Crippen molar-refractivity contribution in [2.75, 3.05) is 11.9 Å². The third-order valence-electron chi connectivity index (χ3n) is 4.46. The molecule has 0 saturated carbocycles. The zero-order chi connectivity index (χ0) is 17.2. The van der Waals surface area contributed by atoms with E-state index in [1.807, 2.05) is 41.3 Å². The first kappa shape index (κ1) is 16.2. The summed E-state index contributed by atoms with van der Waals surface area (Å²) in [6.45, 7) is 0.684. The minimum Gasteiger partial charge on any atom is -0.313 e. The summed E-state index contributed by atoms with van der Waals surface area (Å²) in [7, 11) is 0. The molecule has 1 aromatic heterocycles. The number of hydrogen-bond donors (Lipinski definition) is 1. The fraction of sp³-hybridized carbons (Fsp3) is 0.150. The molecule has 4 rings (SSSR count). The standard InChI is InChI=1S/C20H17ClN2OS/c21-16-8-4-5-9-17(16)22-20(24)23-12-10-18-15(11-13-25-18)19(23)14-6-2-1-3-7-14/h1-9,11,13,19H,10,12H2,(H,22,24). The lowest BCUT2D eigenvalue weighted by atomic mass is 9.93. The number of urea groups is 1. The van der Waals surface area contributed by atoms with Crippen LogP contribution in [0, 0.1) is 0 Å². The van der Waals surface area contributed by atoms with Gasteiger partial charge in [-0.25, -0.2) is 4.79 Å². The average Bonchev–Trinajstić information content (AvgIpc) is 3.12. The number of hydrogen-bond acceptors (Lipinski definition) is 2. The predicted molar refractivity (Wildman–Crippen MR) is 103 cm³/mol. The van der Waals surface area contributed by atoms with E-state index in [9.17, 15) is 4.79 Å². The Balaban J connectivity index is 1.68. The Morgan fingerprint density at radius 3 is 2.64 bits per heavy atom. The number of fused-ring (bicyclic) bond motifs is 1. The van der Waals surface area contributed by atoms with Crippen LogP contribution in [0.2, 0.25) is 5.02 Å². The average molecular weight is 369 g/mol. The number of nitrogens with one attached hydrogen (secondary N) is 1. The summed E-state index contributed by atoms with van der Waals surface area (Å²) in [4.78, 5) is 16.2. The van der Waals surface area contributed by atoms with Crippen molar-refractivity contribution in [1.82, 2.24) is 4.90 Å². The van der Waals surface area contributed by atoms with E-state index < -0.39 is 0 Å². The first-order valence-electron chi connectivity index (χ1n) is 8.17. The number of amides is 2. The van der Waals surface area contributed by atoms with Crippen LogP contribution in [0.15, 0.2) is 66.0 Å². The molecule has 5 heteroatoms. The molecule has 0 aliphatic carbocycles. The summed E-state index contributed by atoms with van der Waals surface area (Å²) >= 11 is 7.96. The van der Waals surface area contributed by atoms with Gasteiger partial charge in [0.1, 0.15) is 0 Å². The predicted octanol–water partition coefficient (Wildman–Crippen LogP) is 5.58. The van der Waals surface area contributed by atoms with E-state index in [1.54, 1.807) is 17.4 Å². The Kier molecular flexibility index (Phi) is 4.47. The molecule has 3 aromatic rings. The molecule has 3 nitrogen and oxygen atoms in total. The molecule has 1 atom stereocenters. The second-order valence-electron chi connectivity index (χ2n) is 5.97. The Hall–Kier alpha value is -2.30. The highest BCUT2D eigenvalue weighted by molar-refractivity contribution is 7.10. The molecule has 2 heterocycles. The molecule has 1 N–H and O–H groups in total. The van der Waals surface area contributed by atoms with Crippen molar-refractivity contribution >= 4 is 34.7 Å². The van der Waals surface area contributed by atoms with Gasteiger partial charge in [0.25, 0.3) is 0 Å². The number of benzene rings is 2. The number of para-hydroxylation sites is 1. The van der Waals surface area contributed by atoms with Gasteiger partial charge in [-0.15, -0.1) is 11.3 Å². The summed E-state index contributed by atoms with van der Waals surface area (Å²) in [5.74, 6) is 0. The van der Waals surface area contributed by atoms with Gasteiger partial charge in [-0.2, -0.15) is 0 Å². The minimum absolute atomic E-state index is 0.0707. The maximum absolute atomic E-state index is 13.0. The SMILES string of the molecule is O=C(Nc1ccccc1Cl)N1CCc2sccc2C1c1ccccc1. The Morgan fingerprint density at radius 1 is 1.08 bits per heavy atom. The van der Waals surface area contributed by atoms with Crippen molar-refractivity contribution in [1.29, 1.82) is 0 Å². The first-order valence-corrected chi connectivity index (χ1v) is 9.43. The number of halogens is 1. The summed E-state index contributed by atoms with van der Waals surface area (Å²) in [5, 5.41) is 5.61. The first-order chi connectivity index (χ1) is 12.2. The number of rotatable bonds is 2. The quantitative estimate of drug-likeness (QED) is 0.629. The van der Waals surface area contributed by atoms with Crippen LogP contribution in [-0.2, 0) is 6.42 Å². The summed E-state index contributed by atoms with van der Waals surface area (Å²) < 4.78 is 0. The van der Waals surface area contributed by atoms with Crippen molar-refractivity contribution < 1.29 is 4.79 Å². The molecule has 1 aliphatic rings. The number of thiophene rings is 1. The Labute approximate surface area is 155 Å². The third kappa shape index (κ3) is 3.15. The van der Waals surface area contributed by atoms with Gasteiger partial charge in [0.15, 0.2) is 0 Å².